The Balaban J connectivity index is 5.04. The molecule has 0 aromatic heterocycles. The van der Waals surface area contributed by atoms with Crippen molar-refractivity contribution >= 4 is 15.9 Å². The second-order valence-electron chi connectivity index (χ2n) is 3.57. The maximum Gasteiger partial charge on any atom is 0.511 e. The Bertz CT molecular complexity index is 203. The van der Waals surface area contributed by atoms with Gasteiger partial charge in [0.25, 0.3) is 0 Å². The van der Waals surface area contributed by atoms with Crippen LogP contribution in [-0.4, -0.2) is 48.7 Å². The van der Waals surface area contributed by atoms with Gasteiger partial charge in [0.1, 0.15) is 0 Å². The molecule has 0 spiro atoms. The Kier molecular flexibility index (Phi) is 5.55. The first-order chi connectivity index (χ1) is 6.37. The van der Waals surface area contributed by atoms with Gasteiger partial charge in [0.15, 0.2) is 0 Å². The van der Waals surface area contributed by atoms with E-state index in [1.54, 1.807) is 34.7 Å². The van der Waals surface area contributed by atoms with E-state index in [-0.39, 0.29) is 5.28 Å². The summed E-state index contributed by atoms with van der Waals surface area (Å²) in [5.74, 6) is 0. The molecule has 86 valence electrons. The highest BCUT2D eigenvalue weighted by Gasteiger charge is 2.51. The van der Waals surface area contributed by atoms with Gasteiger partial charge in [-0.15, -0.1) is 0 Å². The lowest BCUT2D eigenvalue weighted by molar-refractivity contribution is 0.120. The van der Waals surface area contributed by atoms with E-state index in [1.807, 2.05) is 6.92 Å². The van der Waals surface area contributed by atoms with Crippen LogP contribution >= 0.6 is 7.14 Å². The first-order valence-corrected chi connectivity index (χ1v) is 9.05. The fourth-order valence-corrected chi connectivity index (χ4v) is 8.42. The number of hydrogen-bond acceptors (Lipinski definition) is 4. The molecular formula is C8H21O4PSi. The zero-order valence-electron chi connectivity index (χ0n) is 9.86. The van der Waals surface area contributed by atoms with Gasteiger partial charge in [0, 0.05) is 21.3 Å². The minimum Gasteiger partial charge on any atom is -0.376 e. The summed E-state index contributed by atoms with van der Waals surface area (Å²) < 4.78 is 28.1. The molecule has 0 aliphatic carbocycles. The predicted octanol–water partition coefficient (Wildman–Crippen LogP) is 1.80. The SMILES string of the molecule is CCC([Si](OC)(OC)OC)P(C)(C)=O. The Morgan fingerprint density at radius 1 is 1.14 bits per heavy atom. The number of rotatable bonds is 6. The molecular weight excluding hydrogens is 219 g/mol. The maximum absolute atomic E-state index is 12.1. The van der Waals surface area contributed by atoms with Gasteiger partial charge in [-0.2, -0.15) is 0 Å². The molecule has 0 aromatic carbocycles. The average molecular weight is 240 g/mol. The van der Waals surface area contributed by atoms with E-state index in [9.17, 15) is 4.57 Å². The summed E-state index contributed by atoms with van der Waals surface area (Å²) in [5.41, 5.74) is 0. The molecule has 0 bridgehead atoms. The molecule has 6 heteroatoms. The van der Waals surface area contributed by atoms with Crippen LogP contribution in [0.1, 0.15) is 13.3 Å². The van der Waals surface area contributed by atoms with E-state index in [4.69, 9.17) is 13.3 Å². The summed E-state index contributed by atoms with van der Waals surface area (Å²) in [6.07, 6.45) is 0.742. The lowest BCUT2D eigenvalue weighted by atomic mass is 10.6. The van der Waals surface area contributed by atoms with Crippen molar-refractivity contribution < 1.29 is 17.8 Å². The van der Waals surface area contributed by atoms with Crippen LogP contribution in [0.15, 0.2) is 0 Å². The lowest BCUT2D eigenvalue weighted by Gasteiger charge is -2.33. The topological polar surface area (TPSA) is 44.8 Å². The molecule has 0 aliphatic heterocycles. The van der Waals surface area contributed by atoms with Crippen LogP contribution in [0.4, 0.5) is 0 Å². The quantitative estimate of drug-likeness (QED) is 0.524. The van der Waals surface area contributed by atoms with Crippen LogP contribution in [0, 0.1) is 0 Å². The maximum atomic E-state index is 12.1. The minimum atomic E-state index is -2.75. The third-order valence-electron chi connectivity index (χ3n) is 2.40. The zero-order valence-corrected chi connectivity index (χ0v) is 11.8. The van der Waals surface area contributed by atoms with Gasteiger partial charge in [-0.25, -0.2) is 0 Å². The molecule has 0 aromatic rings. The largest absolute Gasteiger partial charge is 0.511 e. The smallest absolute Gasteiger partial charge is 0.376 e. The molecule has 0 rings (SSSR count). The minimum absolute atomic E-state index is 0.116. The highest BCUT2D eigenvalue weighted by atomic mass is 31.2. The van der Waals surface area contributed by atoms with Crippen molar-refractivity contribution in [1.82, 2.24) is 0 Å². The highest BCUT2D eigenvalue weighted by molar-refractivity contribution is 7.65. The van der Waals surface area contributed by atoms with Crippen molar-refractivity contribution in [1.29, 1.82) is 0 Å². The number of hydrogen-bond donors (Lipinski definition) is 0. The normalized spacial score (nSPS) is 15.6. The Morgan fingerprint density at radius 2 is 1.50 bits per heavy atom. The molecule has 1 unspecified atom stereocenters. The summed E-state index contributed by atoms with van der Waals surface area (Å²) >= 11 is 0. The van der Waals surface area contributed by atoms with E-state index >= 15 is 0 Å². The summed E-state index contributed by atoms with van der Waals surface area (Å²) in [6.45, 7) is 5.48. The molecule has 0 aliphatic rings. The summed E-state index contributed by atoms with van der Waals surface area (Å²) in [6, 6.07) is 0. The molecule has 0 amide bonds. The van der Waals surface area contributed by atoms with E-state index < -0.39 is 15.9 Å². The van der Waals surface area contributed by atoms with Gasteiger partial charge < -0.3 is 17.8 Å². The van der Waals surface area contributed by atoms with Crippen LogP contribution in [0.3, 0.4) is 0 Å². The third kappa shape index (κ3) is 2.91. The second-order valence-corrected chi connectivity index (χ2v) is 10.7. The Hall–Kier alpha value is 0.327. The van der Waals surface area contributed by atoms with E-state index in [1.165, 1.54) is 0 Å². The molecule has 0 fully saturated rings. The molecule has 0 radical (unpaired) electrons. The van der Waals surface area contributed by atoms with Crippen molar-refractivity contribution in [3.8, 4) is 0 Å². The molecule has 4 nitrogen and oxygen atoms in total. The van der Waals surface area contributed by atoms with Crippen molar-refractivity contribution in [3.05, 3.63) is 0 Å². The molecule has 0 saturated heterocycles. The zero-order chi connectivity index (χ0) is 11.4. The fourth-order valence-electron chi connectivity index (χ4n) is 1.73. The van der Waals surface area contributed by atoms with Gasteiger partial charge in [0.05, 0.1) is 12.4 Å². The van der Waals surface area contributed by atoms with Crippen LogP contribution in [-0.2, 0) is 17.8 Å². The lowest BCUT2D eigenvalue weighted by Crippen LogP contribution is -2.53. The first-order valence-electron chi connectivity index (χ1n) is 4.58. The highest BCUT2D eigenvalue weighted by Crippen LogP contribution is 2.48. The molecule has 0 saturated carbocycles. The fraction of sp³-hybridized carbons (Fsp3) is 1.00. The summed E-state index contributed by atoms with van der Waals surface area (Å²) in [4.78, 5) is 0. The summed E-state index contributed by atoms with van der Waals surface area (Å²) in [7, 11) is -0.346. The van der Waals surface area contributed by atoms with Crippen LogP contribution in [0.5, 0.6) is 0 Å². The standard InChI is InChI=1S/C8H21O4PSi/c1-7-8(13(5,6)9)14(10-2,11-3)12-4/h8H,7H2,1-6H3. The molecule has 14 heavy (non-hydrogen) atoms. The van der Waals surface area contributed by atoms with Crippen molar-refractivity contribution in [2.24, 2.45) is 0 Å². The van der Waals surface area contributed by atoms with Gasteiger partial charge in [-0.1, -0.05) is 6.92 Å². The van der Waals surface area contributed by atoms with Crippen molar-refractivity contribution in [3.63, 3.8) is 0 Å². The van der Waals surface area contributed by atoms with Crippen LogP contribution < -0.4 is 0 Å². The summed E-state index contributed by atoms with van der Waals surface area (Å²) in [5, 5.41) is -0.116. The first kappa shape index (κ1) is 14.3. The van der Waals surface area contributed by atoms with Crippen LogP contribution in [0.2, 0.25) is 0 Å². The molecule has 0 N–H and O–H groups in total. The van der Waals surface area contributed by atoms with E-state index in [2.05, 4.69) is 0 Å². The van der Waals surface area contributed by atoms with Crippen LogP contribution in [0.25, 0.3) is 0 Å². The monoisotopic (exact) mass is 240 g/mol. The molecule has 0 heterocycles. The van der Waals surface area contributed by atoms with Gasteiger partial charge in [-0.05, 0) is 19.8 Å². The van der Waals surface area contributed by atoms with Crippen molar-refractivity contribution in [2.75, 3.05) is 34.7 Å². The average Bonchev–Trinajstić information content (AvgIpc) is 2.12. The third-order valence-corrected chi connectivity index (χ3v) is 10.0. The Labute approximate surface area is 87.7 Å². The van der Waals surface area contributed by atoms with Gasteiger partial charge in [0.2, 0.25) is 0 Å². The molecule has 1 atom stereocenters. The van der Waals surface area contributed by atoms with Gasteiger partial charge >= 0.3 is 8.80 Å². The predicted molar refractivity (Wildman–Crippen MR) is 60.3 cm³/mol. The van der Waals surface area contributed by atoms with E-state index in [0.29, 0.717) is 0 Å². The Morgan fingerprint density at radius 3 is 1.57 bits per heavy atom. The second kappa shape index (κ2) is 5.42. The van der Waals surface area contributed by atoms with E-state index in [0.717, 1.165) is 6.42 Å². The van der Waals surface area contributed by atoms with Gasteiger partial charge in [-0.3, -0.25) is 0 Å². The van der Waals surface area contributed by atoms with Crippen molar-refractivity contribution in [2.45, 2.75) is 18.6 Å².